The molecule has 2 fully saturated rings. The molecule has 0 aromatic carbocycles. The lowest BCUT2D eigenvalue weighted by Crippen LogP contribution is -2.46. The van der Waals surface area contributed by atoms with E-state index >= 15 is 0 Å². The predicted molar refractivity (Wildman–Crippen MR) is 110 cm³/mol. The Labute approximate surface area is 169 Å². The van der Waals surface area contributed by atoms with Crippen LogP contribution in [0.2, 0.25) is 0 Å². The first-order chi connectivity index (χ1) is 13.4. The lowest BCUT2D eigenvalue weighted by atomic mass is 9.94. The van der Waals surface area contributed by atoms with Gasteiger partial charge in [0.2, 0.25) is 5.91 Å². The van der Waals surface area contributed by atoms with E-state index in [9.17, 15) is 14.7 Å². The molecule has 0 heterocycles. The molecule has 0 saturated heterocycles. The van der Waals surface area contributed by atoms with Crippen molar-refractivity contribution in [2.45, 2.75) is 57.1 Å². The van der Waals surface area contributed by atoms with Gasteiger partial charge in [0.25, 0.3) is 0 Å². The van der Waals surface area contributed by atoms with Gasteiger partial charge in [0.15, 0.2) is 0 Å². The van der Waals surface area contributed by atoms with Crippen LogP contribution in [0.4, 0.5) is 0 Å². The van der Waals surface area contributed by atoms with Crippen LogP contribution in [0.25, 0.3) is 0 Å². The number of aliphatic hydroxyl groups excluding tert-OH is 1. The Bertz CT molecular complexity index is 579. The summed E-state index contributed by atoms with van der Waals surface area (Å²) in [5.41, 5.74) is -0.713. The van der Waals surface area contributed by atoms with Crippen LogP contribution in [0.1, 0.15) is 45.4 Å². The zero-order valence-corrected chi connectivity index (χ0v) is 17.4. The van der Waals surface area contributed by atoms with Crippen molar-refractivity contribution >= 4 is 11.9 Å². The standard InChI is InChI=1S/C22H36N2O4/c1-5-8-9-10-11-24(4)20(26)19-13-18(25)12-16(19)15-23-22(14-17(22)6-2)21(27)28-7-3/h5-6,16-19,23,25H,1-2,7-15H2,3-4H3/t16-,17+,18-,19+,22+/m0/s1. The summed E-state index contributed by atoms with van der Waals surface area (Å²) in [6.07, 6.45) is 7.86. The Morgan fingerprint density at radius 1 is 1.32 bits per heavy atom. The maximum absolute atomic E-state index is 12.9. The molecular formula is C22H36N2O4. The van der Waals surface area contributed by atoms with Gasteiger partial charge in [-0.05, 0) is 57.9 Å². The van der Waals surface area contributed by atoms with Crippen LogP contribution in [0.3, 0.4) is 0 Å². The minimum absolute atomic E-state index is 0.00971. The summed E-state index contributed by atoms with van der Waals surface area (Å²) < 4.78 is 5.23. The minimum Gasteiger partial charge on any atom is -0.465 e. The third-order valence-electron chi connectivity index (χ3n) is 6.13. The van der Waals surface area contributed by atoms with Crippen molar-refractivity contribution in [1.82, 2.24) is 10.2 Å². The molecule has 5 atom stereocenters. The fourth-order valence-electron chi connectivity index (χ4n) is 4.31. The first kappa shape index (κ1) is 22.6. The molecule has 2 saturated carbocycles. The summed E-state index contributed by atoms with van der Waals surface area (Å²) in [7, 11) is 1.83. The van der Waals surface area contributed by atoms with Gasteiger partial charge in [0, 0.05) is 25.4 Å². The van der Waals surface area contributed by atoms with Gasteiger partial charge in [-0.2, -0.15) is 0 Å². The molecule has 0 aliphatic heterocycles. The Morgan fingerprint density at radius 3 is 2.68 bits per heavy atom. The van der Waals surface area contributed by atoms with Gasteiger partial charge < -0.3 is 20.1 Å². The second-order valence-electron chi connectivity index (χ2n) is 8.16. The molecule has 2 N–H and O–H groups in total. The molecule has 0 radical (unpaired) electrons. The number of hydrogen-bond acceptors (Lipinski definition) is 5. The fraction of sp³-hybridized carbons (Fsp3) is 0.727. The monoisotopic (exact) mass is 392 g/mol. The topological polar surface area (TPSA) is 78.9 Å². The molecule has 0 spiro atoms. The van der Waals surface area contributed by atoms with Crippen molar-refractivity contribution in [2.24, 2.45) is 17.8 Å². The van der Waals surface area contributed by atoms with Crippen LogP contribution in [-0.2, 0) is 14.3 Å². The van der Waals surface area contributed by atoms with Crippen LogP contribution in [0, 0.1) is 17.8 Å². The number of ether oxygens (including phenoxy) is 1. The summed E-state index contributed by atoms with van der Waals surface area (Å²) in [5, 5.41) is 13.5. The van der Waals surface area contributed by atoms with E-state index in [1.165, 1.54) is 0 Å². The van der Waals surface area contributed by atoms with Crippen molar-refractivity contribution < 1.29 is 19.4 Å². The van der Waals surface area contributed by atoms with Crippen LogP contribution in [0.5, 0.6) is 0 Å². The maximum Gasteiger partial charge on any atom is 0.326 e. The number of allylic oxidation sites excluding steroid dienone is 1. The van der Waals surface area contributed by atoms with Gasteiger partial charge in [0.1, 0.15) is 5.54 Å². The largest absolute Gasteiger partial charge is 0.465 e. The normalized spacial score (nSPS) is 31.2. The third kappa shape index (κ3) is 5.23. The molecular weight excluding hydrogens is 356 g/mol. The summed E-state index contributed by atoms with van der Waals surface area (Å²) >= 11 is 0. The van der Waals surface area contributed by atoms with Crippen molar-refractivity contribution in [3.8, 4) is 0 Å². The van der Waals surface area contributed by atoms with Crippen LogP contribution in [-0.4, -0.2) is 60.3 Å². The number of rotatable bonds is 12. The van der Waals surface area contributed by atoms with E-state index in [1.54, 1.807) is 17.9 Å². The zero-order chi connectivity index (χ0) is 20.7. The molecule has 2 aliphatic carbocycles. The number of hydrogen-bond donors (Lipinski definition) is 2. The highest BCUT2D eigenvalue weighted by molar-refractivity contribution is 5.86. The summed E-state index contributed by atoms with van der Waals surface area (Å²) in [6, 6.07) is 0. The van der Waals surface area contributed by atoms with Gasteiger partial charge in [-0.25, -0.2) is 0 Å². The molecule has 2 rings (SSSR count). The Kier molecular flexibility index (Phi) is 8.25. The lowest BCUT2D eigenvalue weighted by Gasteiger charge is -2.27. The van der Waals surface area contributed by atoms with E-state index < -0.39 is 11.6 Å². The van der Waals surface area contributed by atoms with E-state index in [4.69, 9.17) is 4.74 Å². The van der Waals surface area contributed by atoms with Crippen LogP contribution >= 0.6 is 0 Å². The number of nitrogens with zero attached hydrogens (tertiary/aromatic N) is 1. The average molecular weight is 393 g/mol. The first-order valence-electron chi connectivity index (χ1n) is 10.5. The second kappa shape index (κ2) is 10.2. The highest BCUT2D eigenvalue weighted by Gasteiger charge is 2.60. The number of unbranched alkanes of at least 4 members (excludes halogenated alkanes) is 2. The number of carbonyl (C=O) groups excluding carboxylic acids is 2. The summed E-state index contributed by atoms with van der Waals surface area (Å²) in [5.74, 6) is -0.314. The average Bonchev–Trinajstić information content (AvgIpc) is 3.29. The highest BCUT2D eigenvalue weighted by Crippen LogP contribution is 2.46. The lowest BCUT2D eigenvalue weighted by molar-refractivity contribution is -0.147. The number of amides is 1. The number of carbonyl (C=O) groups is 2. The van der Waals surface area contributed by atoms with E-state index in [0.717, 1.165) is 19.3 Å². The van der Waals surface area contributed by atoms with E-state index in [0.29, 0.717) is 39.0 Å². The quantitative estimate of drug-likeness (QED) is 0.303. The smallest absolute Gasteiger partial charge is 0.326 e. The molecule has 28 heavy (non-hydrogen) atoms. The Hall–Kier alpha value is -1.66. The molecule has 1 amide bonds. The molecule has 6 nitrogen and oxygen atoms in total. The minimum atomic E-state index is -0.713. The maximum atomic E-state index is 12.9. The van der Waals surface area contributed by atoms with E-state index in [-0.39, 0.29) is 29.6 Å². The molecule has 0 unspecified atom stereocenters. The number of esters is 1. The van der Waals surface area contributed by atoms with E-state index in [2.05, 4.69) is 18.5 Å². The molecule has 0 bridgehead atoms. The van der Waals surface area contributed by atoms with E-state index in [1.807, 2.05) is 13.1 Å². The molecule has 6 heteroatoms. The van der Waals surface area contributed by atoms with Crippen molar-refractivity contribution in [3.05, 3.63) is 25.3 Å². The van der Waals surface area contributed by atoms with Gasteiger partial charge in [-0.15, -0.1) is 13.2 Å². The van der Waals surface area contributed by atoms with Crippen molar-refractivity contribution in [2.75, 3.05) is 26.7 Å². The van der Waals surface area contributed by atoms with Crippen LogP contribution < -0.4 is 5.32 Å². The number of aliphatic hydroxyl groups is 1. The number of nitrogens with one attached hydrogen (secondary N) is 1. The first-order valence-corrected chi connectivity index (χ1v) is 10.5. The van der Waals surface area contributed by atoms with Gasteiger partial charge in [0.05, 0.1) is 12.7 Å². The van der Waals surface area contributed by atoms with Crippen molar-refractivity contribution in [1.29, 1.82) is 0 Å². The predicted octanol–water partition coefficient (Wildman–Crippen LogP) is 2.29. The third-order valence-corrected chi connectivity index (χ3v) is 6.13. The summed E-state index contributed by atoms with van der Waals surface area (Å²) in [4.78, 5) is 27.1. The fourth-order valence-corrected chi connectivity index (χ4v) is 4.31. The molecule has 2 aliphatic rings. The second-order valence-corrected chi connectivity index (χ2v) is 8.16. The summed E-state index contributed by atoms with van der Waals surface area (Å²) in [6.45, 7) is 10.9. The Balaban J connectivity index is 1.94. The molecule has 158 valence electrons. The van der Waals surface area contributed by atoms with Gasteiger partial charge >= 0.3 is 5.97 Å². The zero-order valence-electron chi connectivity index (χ0n) is 17.4. The Morgan fingerprint density at radius 2 is 2.07 bits per heavy atom. The van der Waals surface area contributed by atoms with Crippen LogP contribution in [0.15, 0.2) is 25.3 Å². The van der Waals surface area contributed by atoms with Crippen molar-refractivity contribution in [3.63, 3.8) is 0 Å². The van der Waals surface area contributed by atoms with Gasteiger partial charge in [-0.3, -0.25) is 9.59 Å². The molecule has 0 aromatic heterocycles. The SMILES string of the molecule is C=CCCCCN(C)C(=O)[C@@H]1C[C@@H](O)C[C@H]1CN[C@]1(C(=O)OCC)C[C@H]1C=C. The molecule has 0 aromatic rings. The highest BCUT2D eigenvalue weighted by atomic mass is 16.5. The van der Waals surface area contributed by atoms with Gasteiger partial charge in [-0.1, -0.05) is 12.2 Å².